The van der Waals surface area contributed by atoms with Crippen molar-refractivity contribution in [2.75, 3.05) is 5.32 Å². The summed E-state index contributed by atoms with van der Waals surface area (Å²) in [5.41, 5.74) is 4.17. The van der Waals surface area contributed by atoms with Gasteiger partial charge in [-0.1, -0.05) is 18.2 Å². The number of anilines is 1. The lowest BCUT2D eigenvalue weighted by Crippen LogP contribution is -1.96. The topological polar surface area (TPSA) is 55.1 Å². The number of nitrogens with zero attached hydrogens (tertiary/aromatic N) is 1. The molecule has 0 atom stereocenters. The van der Waals surface area contributed by atoms with Crippen molar-refractivity contribution in [3.63, 3.8) is 0 Å². The Balaban J connectivity index is 2.10. The molecule has 1 N–H and O–H groups in total. The van der Waals surface area contributed by atoms with Crippen molar-refractivity contribution in [1.29, 1.82) is 0 Å². The fourth-order valence-electron chi connectivity index (χ4n) is 1.97. The number of nitrogens with one attached hydrogen (secondary N) is 1. The Bertz CT molecular complexity index is 714. The monoisotopic (exact) mass is 252 g/mol. The molecule has 94 valence electrons. The Labute approximate surface area is 110 Å². The van der Waals surface area contributed by atoms with Crippen molar-refractivity contribution in [3.05, 3.63) is 48.0 Å². The van der Waals surface area contributed by atoms with Gasteiger partial charge in [-0.3, -0.25) is 4.79 Å². The number of amides is 1. The first kappa shape index (κ1) is 11.5. The first-order valence-corrected chi connectivity index (χ1v) is 5.95. The van der Waals surface area contributed by atoms with Crippen LogP contribution in [0.25, 0.3) is 22.6 Å². The smallest absolute Gasteiger partial charge is 0.227 e. The molecule has 0 aliphatic heterocycles. The van der Waals surface area contributed by atoms with Crippen LogP contribution in [-0.2, 0) is 4.79 Å². The standard InChI is InChI=1S/C15H12N2O2/c1-10-6-7-11(8-13(10)16-9-18)15-17-12-4-2-3-5-14(12)19-15/h2-9H,1H3,(H,16,18). The van der Waals surface area contributed by atoms with Gasteiger partial charge in [0.15, 0.2) is 5.58 Å². The van der Waals surface area contributed by atoms with Crippen LogP contribution in [0, 0.1) is 6.92 Å². The summed E-state index contributed by atoms with van der Waals surface area (Å²) in [7, 11) is 0. The minimum absolute atomic E-state index is 0.551. The number of fused-ring (bicyclic) bond motifs is 1. The van der Waals surface area contributed by atoms with Crippen molar-refractivity contribution in [1.82, 2.24) is 4.98 Å². The highest BCUT2D eigenvalue weighted by Gasteiger charge is 2.09. The number of para-hydroxylation sites is 2. The van der Waals surface area contributed by atoms with E-state index < -0.39 is 0 Å². The van der Waals surface area contributed by atoms with Gasteiger partial charge in [0.05, 0.1) is 0 Å². The number of aryl methyl sites for hydroxylation is 1. The van der Waals surface area contributed by atoms with Gasteiger partial charge in [0.1, 0.15) is 5.52 Å². The number of hydrogen-bond donors (Lipinski definition) is 1. The van der Waals surface area contributed by atoms with Gasteiger partial charge in [-0.05, 0) is 36.8 Å². The Kier molecular flexibility index (Phi) is 2.76. The van der Waals surface area contributed by atoms with E-state index in [1.165, 1.54) is 0 Å². The molecule has 4 heteroatoms. The van der Waals surface area contributed by atoms with Crippen LogP contribution in [0.5, 0.6) is 0 Å². The minimum atomic E-state index is 0.551. The zero-order valence-electron chi connectivity index (χ0n) is 10.4. The van der Waals surface area contributed by atoms with Crippen LogP contribution < -0.4 is 5.32 Å². The average molecular weight is 252 g/mol. The highest BCUT2D eigenvalue weighted by molar-refractivity contribution is 5.79. The quantitative estimate of drug-likeness (QED) is 0.727. The molecule has 2 aromatic carbocycles. The molecule has 1 heterocycles. The maximum atomic E-state index is 10.6. The fourth-order valence-corrected chi connectivity index (χ4v) is 1.97. The normalized spacial score (nSPS) is 10.6. The lowest BCUT2D eigenvalue weighted by Gasteiger charge is -2.05. The summed E-state index contributed by atoms with van der Waals surface area (Å²) in [6.07, 6.45) is 0.665. The molecule has 0 unspecified atom stereocenters. The lowest BCUT2D eigenvalue weighted by molar-refractivity contribution is -0.105. The molecule has 0 fully saturated rings. The van der Waals surface area contributed by atoms with E-state index in [9.17, 15) is 4.79 Å². The number of aromatic nitrogens is 1. The molecule has 3 rings (SSSR count). The molecule has 0 saturated heterocycles. The predicted molar refractivity (Wildman–Crippen MR) is 73.9 cm³/mol. The molecule has 1 aromatic heterocycles. The number of hydrogen-bond acceptors (Lipinski definition) is 3. The van der Waals surface area contributed by atoms with Gasteiger partial charge in [0.2, 0.25) is 12.3 Å². The molecule has 0 saturated carbocycles. The number of oxazole rings is 1. The van der Waals surface area contributed by atoms with Crippen molar-refractivity contribution in [3.8, 4) is 11.5 Å². The Morgan fingerprint density at radius 3 is 2.84 bits per heavy atom. The van der Waals surface area contributed by atoms with E-state index in [0.717, 1.165) is 27.9 Å². The van der Waals surface area contributed by atoms with Crippen LogP contribution in [0.15, 0.2) is 46.9 Å². The van der Waals surface area contributed by atoms with Crippen LogP contribution in [0.2, 0.25) is 0 Å². The van der Waals surface area contributed by atoms with Crippen LogP contribution >= 0.6 is 0 Å². The van der Waals surface area contributed by atoms with E-state index in [2.05, 4.69) is 10.3 Å². The van der Waals surface area contributed by atoms with Crippen molar-refractivity contribution in [2.45, 2.75) is 6.92 Å². The predicted octanol–water partition coefficient (Wildman–Crippen LogP) is 3.37. The van der Waals surface area contributed by atoms with E-state index in [4.69, 9.17) is 4.42 Å². The van der Waals surface area contributed by atoms with Gasteiger partial charge in [-0.15, -0.1) is 0 Å². The Morgan fingerprint density at radius 2 is 2.05 bits per heavy atom. The maximum Gasteiger partial charge on any atom is 0.227 e. The summed E-state index contributed by atoms with van der Waals surface area (Å²) in [5.74, 6) is 0.551. The lowest BCUT2D eigenvalue weighted by atomic mass is 10.1. The van der Waals surface area contributed by atoms with Crippen LogP contribution in [0.1, 0.15) is 5.56 Å². The molecular weight excluding hydrogens is 240 g/mol. The van der Waals surface area contributed by atoms with Crippen LogP contribution in [0.4, 0.5) is 5.69 Å². The molecule has 1 amide bonds. The summed E-state index contributed by atoms with van der Waals surface area (Å²) < 4.78 is 5.70. The second-order valence-electron chi connectivity index (χ2n) is 4.28. The third-order valence-corrected chi connectivity index (χ3v) is 2.99. The highest BCUT2D eigenvalue weighted by Crippen LogP contribution is 2.27. The van der Waals surface area contributed by atoms with Crippen LogP contribution in [-0.4, -0.2) is 11.4 Å². The molecule has 0 aliphatic rings. The maximum absolute atomic E-state index is 10.6. The fraction of sp³-hybridized carbons (Fsp3) is 0.0667. The van der Waals surface area contributed by atoms with Gasteiger partial charge in [-0.2, -0.15) is 0 Å². The first-order valence-electron chi connectivity index (χ1n) is 5.95. The van der Waals surface area contributed by atoms with Crippen LogP contribution in [0.3, 0.4) is 0 Å². The molecule has 0 spiro atoms. The second-order valence-corrected chi connectivity index (χ2v) is 4.28. The van der Waals surface area contributed by atoms with Crippen molar-refractivity contribution in [2.24, 2.45) is 0 Å². The van der Waals surface area contributed by atoms with Gasteiger partial charge in [0, 0.05) is 11.3 Å². The van der Waals surface area contributed by atoms with E-state index >= 15 is 0 Å². The van der Waals surface area contributed by atoms with Gasteiger partial charge < -0.3 is 9.73 Å². The summed E-state index contributed by atoms with van der Waals surface area (Å²) in [5, 5.41) is 2.67. The highest BCUT2D eigenvalue weighted by atomic mass is 16.3. The summed E-state index contributed by atoms with van der Waals surface area (Å²) in [6.45, 7) is 1.93. The molecule has 0 bridgehead atoms. The first-order chi connectivity index (χ1) is 9.28. The number of rotatable bonds is 3. The number of benzene rings is 2. The van der Waals surface area contributed by atoms with Crippen molar-refractivity contribution >= 4 is 23.2 Å². The zero-order chi connectivity index (χ0) is 13.2. The van der Waals surface area contributed by atoms with E-state index in [1.807, 2.05) is 49.4 Å². The summed E-state index contributed by atoms with van der Waals surface area (Å²) in [6, 6.07) is 13.3. The minimum Gasteiger partial charge on any atom is -0.436 e. The number of carbonyl (C=O) groups is 1. The average Bonchev–Trinajstić information content (AvgIpc) is 2.85. The second kappa shape index (κ2) is 4.57. The molecule has 0 aliphatic carbocycles. The van der Waals surface area contributed by atoms with E-state index in [0.29, 0.717) is 12.3 Å². The summed E-state index contributed by atoms with van der Waals surface area (Å²) in [4.78, 5) is 15.0. The Hall–Kier alpha value is -2.62. The third kappa shape index (κ3) is 2.08. The molecule has 3 aromatic rings. The molecular formula is C15H12N2O2. The van der Waals surface area contributed by atoms with Gasteiger partial charge in [0.25, 0.3) is 0 Å². The largest absolute Gasteiger partial charge is 0.436 e. The van der Waals surface area contributed by atoms with E-state index in [1.54, 1.807) is 0 Å². The van der Waals surface area contributed by atoms with E-state index in [-0.39, 0.29) is 0 Å². The molecule has 19 heavy (non-hydrogen) atoms. The van der Waals surface area contributed by atoms with Crippen molar-refractivity contribution < 1.29 is 9.21 Å². The Morgan fingerprint density at radius 1 is 1.21 bits per heavy atom. The van der Waals surface area contributed by atoms with Gasteiger partial charge in [-0.25, -0.2) is 4.98 Å². The SMILES string of the molecule is Cc1ccc(-c2nc3ccccc3o2)cc1NC=O. The third-order valence-electron chi connectivity index (χ3n) is 2.99. The number of carbonyl (C=O) groups excluding carboxylic acids is 1. The van der Waals surface area contributed by atoms with Gasteiger partial charge >= 0.3 is 0 Å². The molecule has 4 nitrogen and oxygen atoms in total. The zero-order valence-corrected chi connectivity index (χ0v) is 10.4. The molecule has 0 radical (unpaired) electrons. The summed E-state index contributed by atoms with van der Waals surface area (Å²) >= 11 is 0.